The van der Waals surface area contributed by atoms with Gasteiger partial charge >= 0.3 is 0 Å². The van der Waals surface area contributed by atoms with Crippen molar-refractivity contribution in [3.05, 3.63) is 29.3 Å². The van der Waals surface area contributed by atoms with Crippen LogP contribution >= 0.6 is 0 Å². The molecule has 0 unspecified atom stereocenters. The van der Waals surface area contributed by atoms with Crippen molar-refractivity contribution >= 4 is 5.69 Å². The number of anilines is 1. The van der Waals surface area contributed by atoms with Crippen molar-refractivity contribution in [1.29, 1.82) is 0 Å². The van der Waals surface area contributed by atoms with E-state index in [-0.39, 0.29) is 0 Å². The number of hydrogen-bond acceptors (Lipinski definition) is 1. The van der Waals surface area contributed by atoms with Crippen LogP contribution in [0.5, 0.6) is 0 Å². The molecule has 14 heavy (non-hydrogen) atoms. The summed E-state index contributed by atoms with van der Waals surface area (Å²) in [5.74, 6) is 0. The third-order valence-corrected chi connectivity index (χ3v) is 2.10. The lowest BCUT2D eigenvalue weighted by atomic mass is 10.1. The minimum Gasteiger partial charge on any atom is -0.377 e. The van der Waals surface area contributed by atoms with Gasteiger partial charge in [-0.2, -0.15) is 0 Å². The van der Waals surface area contributed by atoms with Crippen molar-refractivity contribution < 1.29 is 0 Å². The predicted molar refractivity (Wildman–Crippen MR) is 66.2 cm³/mol. The second-order valence-corrected chi connectivity index (χ2v) is 3.38. The Balaban J connectivity index is 0.000000791. The van der Waals surface area contributed by atoms with Crippen LogP contribution in [-0.4, -0.2) is 14.1 Å². The molecule has 1 aromatic rings. The van der Waals surface area contributed by atoms with Crippen LogP contribution in [0.15, 0.2) is 18.2 Å². The highest BCUT2D eigenvalue weighted by atomic mass is 15.1. The van der Waals surface area contributed by atoms with E-state index in [1.165, 1.54) is 16.8 Å². The molecule has 0 heterocycles. The molecule has 0 saturated heterocycles. The van der Waals surface area contributed by atoms with Crippen molar-refractivity contribution in [3.8, 4) is 0 Å². The van der Waals surface area contributed by atoms with Crippen molar-refractivity contribution in [3.63, 3.8) is 0 Å². The van der Waals surface area contributed by atoms with Gasteiger partial charge in [-0.25, -0.2) is 0 Å². The molecule has 0 saturated carbocycles. The van der Waals surface area contributed by atoms with Gasteiger partial charge in [0.15, 0.2) is 0 Å². The van der Waals surface area contributed by atoms with E-state index in [1.807, 2.05) is 13.8 Å². The number of aryl methyl sites for hydroxylation is 2. The average Bonchev–Trinajstić information content (AvgIpc) is 2.20. The molecule has 0 amide bonds. The van der Waals surface area contributed by atoms with E-state index >= 15 is 0 Å². The first kappa shape index (κ1) is 13.0. The third-order valence-electron chi connectivity index (χ3n) is 2.10. The van der Waals surface area contributed by atoms with E-state index < -0.39 is 0 Å². The molecule has 80 valence electrons. The molecule has 1 aromatic carbocycles. The minimum absolute atomic E-state index is 1.11. The Morgan fingerprint density at radius 1 is 1.14 bits per heavy atom. The maximum absolute atomic E-state index is 2.26. The van der Waals surface area contributed by atoms with Gasteiger partial charge in [0.1, 0.15) is 0 Å². The standard InChI is InChI=1S/C11H17N.C2H6/c1-5-10-8-9(2)6-7-11(10)12(3)4;1-2/h6-8H,5H2,1-4H3;1-2H3. The molecule has 0 aliphatic carbocycles. The van der Waals surface area contributed by atoms with Crippen molar-refractivity contribution in [2.45, 2.75) is 34.1 Å². The first-order chi connectivity index (χ1) is 6.65. The summed E-state index contributed by atoms with van der Waals surface area (Å²) in [6.07, 6.45) is 1.11. The van der Waals surface area contributed by atoms with Crippen molar-refractivity contribution in [1.82, 2.24) is 0 Å². The molecule has 0 aliphatic rings. The Morgan fingerprint density at radius 2 is 1.71 bits per heavy atom. The zero-order valence-electron chi connectivity index (χ0n) is 10.4. The molecule has 0 atom stereocenters. The van der Waals surface area contributed by atoms with Gasteiger partial charge < -0.3 is 4.90 Å². The van der Waals surface area contributed by atoms with Gasteiger partial charge in [0, 0.05) is 19.8 Å². The van der Waals surface area contributed by atoms with E-state index in [0.717, 1.165) is 6.42 Å². The fraction of sp³-hybridized carbons (Fsp3) is 0.538. The van der Waals surface area contributed by atoms with E-state index in [4.69, 9.17) is 0 Å². The second-order valence-electron chi connectivity index (χ2n) is 3.38. The molecule has 0 bridgehead atoms. The Morgan fingerprint density at radius 3 is 2.14 bits per heavy atom. The van der Waals surface area contributed by atoms with Crippen LogP contribution < -0.4 is 4.90 Å². The Labute approximate surface area is 88.8 Å². The van der Waals surface area contributed by atoms with Gasteiger partial charge in [-0.05, 0) is 25.0 Å². The summed E-state index contributed by atoms with van der Waals surface area (Å²) in [5.41, 5.74) is 4.11. The molecule has 0 N–H and O–H groups in total. The molecule has 0 spiro atoms. The van der Waals surface area contributed by atoms with Crippen LogP contribution in [0, 0.1) is 6.92 Å². The summed E-state index contributed by atoms with van der Waals surface area (Å²) >= 11 is 0. The van der Waals surface area contributed by atoms with E-state index in [9.17, 15) is 0 Å². The zero-order valence-corrected chi connectivity index (χ0v) is 10.4. The highest BCUT2D eigenvalue weighted by Crippen LogP contribution is 2.19. The van der Waals surface area contributed by atoms with Crippen LogP contribution in [0.1, 0.15) is 31.9 Å². The van der Waals surface area contributed by atoms with Crippen LogP contribution in [0.2, 0.25) is 0 Å². The molecule has 1 nitrogen and oxygen atoms in total. The highest BCUT2D eigenvalue weighted by molar-refractivity contribution is 5.53. The maximum atomic E-state index is 2.26. The number of benzene rings is 1. The highest BCUT2D eigenvalue weighted by Gasteiger charge is 2.01. The van der Waals surface area contributed by atoms with Gasteiger partial charge in [-0.1, -0.05) is 38.5 Å². The van der Waals surface area contributed by atoms with E-state index in [0.29, 0.717) is 0 Å². The SMILES string of the molecule is CC.CCc1cc(C)ccc1N(C)C. The molecular formula is C13H23N. The lowest BCUT2D eigenvalue weighted by Gasteiger charge is -2.17. The fourth-order valence-electron chi connectivity index (χ4n) is 1.43. The van der Waals surface area contributed by atoms with Crippen molar-refractivity contribution in [2.24, 2.45) is 0 Å². The summed E-state index contributed by atoms with van der Waals surface area (Å²) in [6, 6.07) is 6.61. The lowest BCUT2D eigenvalue weighted by Crippen LogP contribution is -2.10. The summed E-state index contributed by atoms with van der Waals surface area (Å²) in [6.45, 7) is 8.33. The molecule has 0 aromatic heterocycles. The molecular weight excluding hydrogens is 170 g/mol. The van der Waals surface area contributed by atoms with Gasteiger partial charge in [-0.3, -0.25) is 0 Å². The maximum Gasteiger partial charge on any atom is 0.0393 e. The number of hydrogen-bond donors (Lipinski definition) is 0. The number of nitrogens with zero attached hydrogens (tertiary/aromatic N) is 1. The van der Waals surface area contributed by atoms with Gasteiger partial charge in [0.25, 0.3) is 0 Å². The van der Waals surface area contributed by atoms with Crippen LogP contribution in [0.3, 0.4) is 0 Å². The van der Waals surface area contributed by atoms with Crippen LogP contribution in [0.4, 0.5) is 5.69 Å². The summed E-state index contributed by atoms with van der Waals surface area (Å²) < 4.78 is 0. The van der Waals surface area contributed by atoms with Gasteiger partial charge in [0.05, 0.1) is 0 Å². The Kier molecular flexibility index (Phi) is 6.02. The fourth-order valence-corrected chi connectivity index (χ4v) is 1.43. The average molecular weight is 193 g/mol. The third kappa shape index (κ3) is 3.41. The zero-order chi connectivity index (χ0) is 11.1. The first-order valence-corrected chi connectivity index (χ1v) is 5.42. The van der Waals surface area contributed by atoms with E-state index in [2.05, 4.69) is 51.0 Å². The monoisotopic (exact) mass is 193 g/mol. The molecule has 0 radical (unpaired) electrons. The predicted octanol–water partition coefficient (Wildman–Crippen LogP) is 3.65. The van der Waals surface area contributed by atoms with Crippen molar-refractivity contribution in [2.75, 3.05) is 19.0 Å². The Bertz CT molecular complexity index is 264. The molecule has 1 rings (SSSR count). The largest absolute Gasteiger partial charge is 0.377 e. The van der Waals surface area contributed by atoms with E-state index in [1.54, 1.807) is 0 Å². The van der Waals surface area contributed by atoms with Crippen LogP contribution in [-0.2, 0) is 6.42 Å². The summed E-state index contributed by atoms with van der Waals surface area (Å²) in [5, 5.41) is 0. The first-order valence-electron chi connectivity index (χ1n) is 5.42. The smallest absolute Gasteiger partial charge is 0.0393 e. The minimum atomic E-state index is 1.11. The number of rotatable bonds is 2. The Hall–Kier alpha value is -0.980. The van der Waals surface area contributed by atoms with Crippen LogP contribution in [0.25, 0.3) is 0 Å². The van der Waals surface area contributed by atoms with Gasteiger partial charge in [-0.15, -0.1) is 0 Å². The lowest BCUT2D eigenvalue weighted by molar-refractivity contribution is 1.06. The molecule has 0 fully saturated rings. The molecule has 0 aliphatic heterocycles. The molecule has 1 heteroatoms. The van der Waals surface area contributed by atoms with Gasteiger partial charge in [0.2, 0.25) is 0 Å². The quantitative estimate of drug-likeness (QED) is 0.693. The topological polar surface area (TPSA) is 3.24 Å². The summed E-state index contributed by atoms with van der Waals surface area (Å²) in [4.78, 5) is 2.16. The normalized spacial score (nSPS) is 9.00. The summed E-state index contributed by atoms with van der Waals surface area (Å²) in [7, 11) is 4.17. The second kappa shape index (κ2) is 6.47.